The molecule has 0 amide bonds. The molecule has 1 aromatic heterocycles. The van der Waals surface area contributed by atoms with Gasteiger partial charge in [-0.1, -0.05) is 66.7 Å². The van der Waals surface area contributed by atoms with E-state index in [2.05, 4.69) is 108 Å². The summed E-state index contributed by atoms with van der Waals surface area (Å²) in [6.07, 6.45) is 2.69. The highest BCUT2D eigenvalue weighted by atomic mass is 15.0. The van der Waals surface area contributed by atoms with Gasteiger partial charge in [0.25, 0.3) is 0 Å². The van der Waals surface area contributed by atoms with E-state index in [-0.39, 0.29) is 0 Å². The van der Waals surface area contributed by atoms with E-state index >= 15 is 0 Å². The highest BCUT2D eigenvalue weighted by molar-refractivity contribution is 5.73. The van der Waals surface area contributed by atoms with E-state index in [0.717, 1.165) is 12.5 Å². The molecule has 1 aliphatic rings. The summed E-state index contributed by atoms with van der Waals surface area (Å²) in [7, 11) is 0. The largest absolute Gasteiger partial charge is 0.213 e. The fourth-order valence-electron chi connectivity index (χ4n) is 3.87. The van der Waals surface area contributed by atoms with Crippen molar-refractivity contribution >= 4 is 0 Å². The Labute approximate surface area is 166 Å². The minimum atomic E-state index is 0.803. The Morgan fingerprint density at radius 1 is 0.536 bits per heavy atom. The first-order valence-corrected chi connectivity index (χ1v) is 10.1. The van der Waals surface area contributed by atoms with Gasteiger partial charge in [-0.05, 0) is 48.2 Å². The van der Waals surface area contributed by atoms with Gasteiger partial charge in [-0.2, -0.15) is 4.57 Å². The number of benzene rings is 3. The first-order valence-electron chi connectivity index (χ1n) is 10.1. The predicted octanol–water partition coefficient (Wildman–Crippen LogP) is 6.39. The van der Waals surface area contributed by atoms with Gasteiger partial charge >= 0.3 is 0 Å². The van der Waals surface area contributed by atoms with Crippen LogP contribution in [0.25, 0.3) is 33.6 Å². The van der Waals surface area contributed by atoms with Gasteiger partial charge in [0.15, 0.2) is 6.54 Å². The Balaban J connectivity index is 1.78. The second-order valence-corrected chi connectivity index (χ2v) is 7.67. The third-order valence-electron chi connectivity index (χ3n) is 5.55. The monoisotopic (exact) mass is 362 g/mol. The fraction of sp³-hybridized carbons (Fsp3) is 0.148. The minimum absolute atomic E-state index is 0.803. The van der Waals surface area contributed by atoms with Crippen molar-refractivity contribution < 1.29 is 4.57 Å². The second kappa shape index (κ2) is 7.44. The number of pyridine rings is 1. The molecule has 1 heterocycles. The van der Waals surface area contributed by atoms with Crippen molar-refractivity contribution in [1.29, 1.82) is 0 Å². The van der Waals surface area contributed by atoms with Gasteiger partial charge in [0.1, 0.15) is 0 Å². The molecule has 0 aliphatic heterocycles. The normalized spacial score (nSPS) is 13.4. The van der Waals surface area contributed by atoms with E-state index < -0.39 is 0 Å². The lowest BCUT2D eigenvalue weighted by molar-refractivity contribution is -0.678. The molecule has 0 spiro atoms. The smallest absolute Gasteiger partial charge is 0.191 e. The summed E-state index contributed by atoms with van der Waals surface area (Å²) in [5.74, 6) is 0.803. The van der Waals surface area contributed by atoms with Crippen LogP contribution in [-0.4, -0.2) is 0 Å². The van der Waals surface area contributed by atoms with E-state index in [9.17, 15) is 0 Å². The molecule has 136 valence electrons. The summed E-state index contributed by atoms with van der Waals surface area (Å²) in [5, 5.41) is 0. The third kappa shape index (κ3) is 3.48. The fourth-order valence-corrected chi connectivity index (χ4v) is 3.87. The maximum atomic E-state index is 2.54. The second-order valence-electron chi connectivity index (χ2n) is 7.67. The first kappa shape index (κ1) is 16.9. The zero-order chi connectivity index (χ0) is 18.8. The zero-order valence-electron chi connectivity index (χ0n) is 16.0. The van der Waals surface area contributed by atoms with E-state index in [0.29, 0.717) is 0 Å². The van der Waals surface area contributed by atoms with E-state index in [1.165, 1.54) is 46.5 Å². The Bertz CT molecular complexity index is 1000. The molecule has 1 heteroatoms. The topological polar surface area (TPSA) is 3.88 Å². The van der Waals surface area contributed by atoms with Crippen molar-refractivity contribution in [2.75, 3.05) is 0 Å². The number of rotatable bonds is 5. The maximum absolute atomic E-state index is 2.54. The van der Waals surface area contributed by atoms with Crippen LogP contribution in [0.1, 0.15) is 12.8 Å². The van der Waals surface area contributed by atoms with Gasteiger partial charge < -0.3 is 0 Å². The predicted molar refractivity (Wildman–Crippen MR) is 116 cm³/mol. The van der Waals surface area contributed by atoms with E-state index in [4.69, 9.17) is 0 Å². The quantitative estimate of drug-likeness (QED) is 0.362. The Morgan fingerprint density at radius 2 is 0.964 bits per heavy atom. The Morgan fingerprint density at radius 3 is 1.39 bits per heavy atom. The maximum Gasteiger partial charge on any atom is 0.213 e. The molecule has 0 atom stereocenters. The zero-order valence-corrected chi connectivity index (χ0v) is 16.0. The molecular weight excluding hydrogens is 338 g/mol. The van der Waals surface area contributed by atoms with Crippen LogP contribution < -0.4 is 4.57 Å². The van der Waals surface area contributed by atoms with Crippen molar-refractivity contribution in [3.8, 4) is 33.6 Å². The first-order chi connectivity index (χ1) is 13.9. The van der Waals surface area contributed by atoms with Crippen molar-refractivity contribution in [3.63, 3.8) is 0 Å². The lowest BCUT2D eigenvalue weighted by Crippen LogP contribution is -2.40. The lowest BCUT2D eigenvalue weighted by atomic mass is 9.99. The molecule has 28 heavy (non-hydrogen) atoms. The number of hydrogen-bond acceptors (Lipinski definition) is 0. The summed E-state index contributed by atoms with van der Waals surface area (Å²) in [5.41, 5.74) is 7.68. The average molecular weight is 362 g/mol. The molecule has 5 rings (SSSR count). The number of hydrogen-bond donors (Lipinski definition) is 0. The van der Waals surface area contributed by atoms with Crippen LogP contribution in [-0.2, 0) is 6.54 Å². The third-order valence-corrected chi connectivity index (χ3v) is 5.55. The average Bonchev–Trinajstić information content (AvgIpc) is 3.60. The van der Waals surface area contributed by atoms with Gasteiger partial charge in [-0.3, -0.25) is 0 Å². The molecular formula is C27H24N+. The summed E-state index contributed by atoms with van der Waals surface area (Å²) in [4.78, 5) is 0. The molecule has 0 radical (unpaired) electrons. The Kier molecular flexibility index (Phi) is 4.50. The molecule has 1 aliphatic carbocycles. The van der Waals surface area contributed by atoms with Crippen LogP contribution in [0, 0.1) is 5.92 Å². The molecule has 1 saturated carbocycles. The van der Waals surface area contributed by atoms with Crippen LogP contribution in [0.5, 0.6) is 0 Å². The molecule has 4 aromatic rings. The highest BCUT2D eigenvalue weighted by Gasteiger charge is 2.31. The lowest BCUT2D eigenvalue weighted by Gasteiger charge is -2.12. The number of aromatic nitrogens is 1. The van der Waals surface area contributed by atoms with Crippen molar-refractivity contribution in [2.45, 2.75) is 19.4 Å². The standard InChI is InChI=1S/C27H24N/c1-4-10-22(11-5-1)25-18-26(23-12-6-2-7-13-23)28(20-21-16-17-21)27(19-25)24-14-8-3-9-15-24/h1-15,18-19,21H,16-17,20H2/q+1. The van der Waals surface area contributed by atoms with Crippen molar-refractivity contribution in [1.82, 2.24) is 0 Å². The summed E-state index contributed by atoms with van der Waals surface area (Å²) >= 11 is 0. The van der Waals surface area contributed by atoms with Crippen LogP contribution in [0.3, 0.4) is 0 Å². The highest BCUT2D eigenvalue weighted by Crippen LogP contribution is 2.33. The molecule has 0 bridgehead atoms. The van der Waals surface area contributed by atoms with E-state index in [1.54, 1.807) is 0 Å². The molecule has 0 unspecified atom stereocenters. The summed E-state index contributed by atoms with van der Waals surface area (Å²) < 4.78 is 2.54. The van der Waals surface area contributed by atoms with Gasteiger partial charge in [0.05, 0.1) is 0 Å². The molecule has 1 nitrogen and oxygen atoms in total. The van der Waals surface area contributed by atoms with Crippen LogP contribution in [0.2, 0.25) is 0 Å². The van der Waals surface area contributed by atoms with Crippen molar-refractivity contribution in [2.24, 2.45) is 5.92 Å². The van der Waals surface area contributed by atoms with Gasteiger partial charge in [0.2, 0.25) is 11.4 Å². The summed E-state index contributed by atoms with van der Waals surface area (Å²) in [6.45, 7) is 1.09. The van der Waals surface area contributed by atoms with Gasteiger partial charge in [0, 0.05) is 29.2 Å². The minimum Gasteiger partial charge on any atom is -0.191 e. The SMILES string of the molecule is c1ccc(-c2cc(-c3ccccc3)[n+](CC3CC3)c(-c3ccccc3)c2)cc1. The van der Waals surface area contributed by atoms with Gasteiger partial charge in [-0.25, -0.2) is 0 Å². The molecule has 0 N–H and O–H groups in total. The van der Waals surface area contributed by atoms with Crippen molar-refractivity contribution in [3.05, 3.63) is 103 Å². The van der Waals surface area contributed by atoms with Gasteiger partial charge in [-0.15, -0.1) is 0 Å². The van der Waals surface area contributed by atoms with Crippen LogP contribution in [0.15, 0.2) is 103 Å². The van der Waals surface area contributed by atoms with Crippen LogP contribution in [0.4, 0.5) is 0 Å². The molecule has 0 saturated heterocycles. The molecule has 3 aromatic carbocycles. The molecule has 1 fully saturated rings. The van der Waals surface area contributed by atoms with E-state index in [1.807, 2.05) is 0 Å². The summed E-state index contributed by atoms with van der Waals surface area (Å²) in [6, 6.07) is 37.0. The number of nitrogens with zero attached hydrogens (tertiary/aromatic N) is 1. The van der Waals surface area contributed by atoms with Crippen LogP contribution >= 0.6 is 0 Å². The Hall–Kier alpha value is -3.19.